The molecule has 0 aliphatic rings. The van der Waals surface area contributed by atoms with Crippen molar-refractivity contribution in [3.05, 3.63) is 77.0 Å². The molecule has 2 aromatic rings. The smallest absolute Gasteiger partial charge is 0.187 e. The summed E-state index contributed by atoms with van der Waals surface area (Å²) in [6.07, 6.45) is 4.24. The summed E-state index contributed by atoms with van der Waals surface area (Å²) < 4.78 is 0. The second-order valence-corrected chi connectivity index (χ2v) is 5.19. The fourth-order valence-electron chi connectivity index (χ4n) is 2.05. The summed E-state index contributed by atoms with van der Waals surface area (Å²) in [4.78, 5) is 12.0. The number of carbonyl (C=O) groups is 1. The van der Waals surface area contributed by atoms with E-state index in [0.29, 0.717) is 5.56 Å². The van der Waals surface area contributed by atoms with Crippen LogP contribution in [0.15, 0.2) is 54.7 Å². The van der Waals surface area contributed by atoms with Gasteiger partial charge in [0.1, 0.15) is 0 Å². The molecule has 0 bridgehead atoms. The predicted octanol–water partition coefficient (Wildman–Crippen LogP) is 4.67. The third kappa shape index (κ3) is 4.06. The first-order chi connectivity index (χ1) is 10.1. The number of allylic oxidation sites excluding steroid dienone is 1. The molecular formula is C19H21NO. The molecule has 0 unspecified atom stereocenters. The first-order valence-electron chi connectivity index (χ1n) is 7.23. The Morgan fingerprint density at radius 1 is 1.05 bits per heavy atom. The maximum atomic E-state index is 12.0. The molecule has 1 N–H and O–H groups in total. The zero-order chi connectivity index (χ0) is 15.2. The third-order valence-corrected chi connectivity index (χ3v) is 3.64. The van der Waals surface area contributed by atoms with Gasteiger partial charge in [-0.15, -0.1) is 0 Å². The van der Waals surface area contributed by atoms with Gasteiger partial charge >= 0.3 is 0 Å². The Hall–Kier alpha value is -2.35. The van der Waals surface area contributed by atoms with Gasteiger partial charge in [0.2, 0.25) is 0 Å². The zero-order valence-electron chi connectivity index (χ0n) is 12.8. The molecule has 0 aliphatic heterocycles. The summed E-state index contributed by atoms with van der Waals surface area (Å²) in [6, 6.07) is 13.9. The molecule has 0 aliphatic carbocycles. The highest BCUT2D eigenvalue weighted by Gasteiger charge is 2.01. The Morgan fingerprint density at radius 3 is 2.38 bits per heavy atom. The average Bonchev–Trinajstić information content (AvgIpc) is 2.51. The van der Waals surface area contributed by atoms with Crippen molar-refractivity contribution in [3.8, 4) is 0 Å². The molecule has 2 heteroatoms. The molecule has 108 valence electrons. The van der Waals surface area contributed by atoms with E-state index in [9.17, 15) is 4.79 Å². The minimum atomic E-state index is 0.00832. The van der Waals surface area contributed by atoms with Crippen molar-refractivity contribution < 1.29 is 4.79 Å². The quantitative estimate of drug-likeness (QED) is 0.636. The molecule has 0 saturated carbocycles. The molecule has 0 amide bonds. The number of aryl methyl sites for hydroxylation is 3. The highest BCUT2D eigenvalue weighted by Crippen LogP contribution is 2.14. The van der Waals surface area contributed by atoms with Crippen molar-refractivity contribution >= 4 is 11.5 Å². The molecule has 2 rings (SSSR count). The lowest BCUT2D eigenvalue weighted by atomic mass is 10.1. The lowest BCUT2D eigenvalue weighted by Gasteiger charge is -2.04. The lowest BCUT2D eigenvalue weighted by Crippen LogP contribution is -1.97. The summed E-state index contributed by atoms with van der Waals surface area (Å²) >= 11 is 0. The van der Waals surface area contributed by atoms with Crippen LogP contribution >= 0.6 is 0 Å². The van der Waals surface area contributed by atoms with Crippen LogP contribution in [0.25, 0.3) is 0 Å². The van der Waals surface area contributed by atoms with E-state index < -0.39 is 0 Å². The standard InChI is InChI=1S/C19H21NO/c1-4-16-6-8-17(9-7-16)19(21)11-12-20-18-10-5-14(2)15(3)13-18/h5-13,20H,4H2,1-3H3/b12-11+. The molecule has 0 radical (unpaired) electrons. The second-order valence-electron chi connectivity index (χ2n) is 5.19. The topological polar surface area (TPSA) is 29.1 Å². The van der Waals surface area contributed by atoms with Crippen LogP contribution in [0.4, 0.5) is 5.69 Å². The molecule has 0 saturated heterocycles. The van der Waals surface area contributed by atoms with Crippen LogP contribution in [0.5, 0.6) is 0 Å². The second kappa shape index (κ2) is 6.89. The third-order valence-electron chi connectivity index (χ3n) is 3.64. The largest absolute Gasteiger partial charge is 0.362 e. The van der Waals surface area contributed by atoms with Gasteiger partial charge in [-0.1, -0.05) is 37.3 Å². The summed E-state index contributed by atoms with van der Waals surface area (Å²) in [5.41, 5.74) is 5.43. The van der Waals surface area contributed by atoms with Crippen LogP contribution < -0.4 is 5.32 Å². The van der Waals surface area contributed by atoms with Gasteiger partial charge in [0.15, 0.2) is 5.78 Å². The Balaban J connectivity index is 1.99. The summed E-state index contributed by atoms with van der Waals surface area (Å²) in [7, 11) is 0. The van der Waals surface area contributed by atoms with Crippen molar-refractivity contribution in [1.82, 2.24) is 0 Å². The molecular weight excluding hydrogens is 258 g/mol. The maximum Gasteiger partial charge on any atom is 0.187 e. The molecule has 2 aromatic carbocycles. The molecule has 21 heavy (non-hydrogen) atoms. The first kappa shape index (κ1) is 15.0. The first-order valence-corrected chi connectivity index (χ1v) is 7.23. The number of rotatable bonds is 5. The van der Waals surface area contributed by atoms with E-state index in [0.717, 1.165) is 12.1 Å². The summed E-state index contributed by atoms with van der Waals surface area (Å²) in [5.74, 6) is 0.00832. The number of benzene rings is 2. The SMILES string of the molecule is CCc1ccc(C(=O)/C=C/Nc2ccc(C)c(C)c2)cc1. The number of nitrogens with one attached hydrogen (secondary N) is 1. The average molecular weight is 279 g/mol. The van der Waals surface area contributed by atoms with Crippen molar-refractivity contribution in [2.75, 3.05) is 5.32 Å². The van der Waals surface area contributed by atoms with E-state index in [-0.39, 0.29) is 5.78 Å². The lowest BCUT2D eigenvalue weighted by molar-refractivity contribution is 0.104. The van der Waals surface area contributed by atoms with Gasteiger partial charge in [-0.2, -0.15) is 0 Å². The van der Waals surface area contributed by atoms with Crippen LogP contribution in [-0.2, 0) is 6.42 Å². The highest BCUT2D eigenvalue weighted by atomic mass is 16.1. The van der Waals surface area contributed by atoms with Crippen LogP contribution in [0, 0.1) is 13.8 Å². The molecule has 0 atom stereocenters. The molecule has 0 fully saturated rings. The Labute approximate surface area is 126 Å². The highest BCUT2D eigenvalue weighted by molar-refractivity contribution is 6.04. The van der Waals surface area contributed by atoms with Gasteiger partial charge in [-0.3, -0.25) is 4.79 Å². The van der Waals surface area contributed by atoms with Crippen LogP contribution in [-0.4, -0.2) is 5.78 Å². The van der Waals surface area contributed by atoms with Gasteiger partial charge in [-0.05, 0) is 49.1 Å². The van der Waals surface area contributed by atoms with E-state index in [1.54, 1.807) is 12.3 Å². The van der Waals surface area contributed by atoms with E-state index in [1.807, 2.05) is 30.3 Å². The van der Waals surface area contributed by atoms with Gasteiger partial charge < -0.3 is 5.32 Å². The maximum absolute atomic E-state index is 12.0. The fourth-order valence-corrected chi connectivity index (χ4v) is 2.05. The van der Waals surface area contributed by atoms with Gasteiger partial charge in [-0.25, -0.2) is 0 Å². The molecule has 2 nitrogen and oxygen atoms in total. The number of carbonyl (C=O) groups excluding carboxylic acids is 1. The van der Waals surface area contributed by atoms with E-state index in [4.69, 9.17) is 0 Å². The number of ketones is 1. The monoisotopic (exact) mass is 279 g/mol. The Morgan fingerprint density at radius 2 is 1.76 bits per heavy atom. The van der Waals surface area contributed by atoms with Gasteiger partial charge in [0.25, 0.3) is 0 Å². The summed E-state index contributed by atoms with van der Waals surface area (Å²) in [6.45, 7) is 6.26. The van der Waals surface area contributed by atoms with Crippen LogP contribution in [0.2, 0.25) is 0 Å². The van der Waals surface area contributed by atoms with Crippen molar-refractivity contribution in [1.29, 1.82) is 0 Å². The predicted molar refractivity (Wildman–Crippen MR) is 88.8 cm³/mol. The number of hydrogen-bond donors (Lipinski definition) is 1. The molecule has 0 aromatic heterocycles. The minimum absolute atomic E-state index is 0.00832. The minimum Gasteiger partial charge on any atom is -0.362 e. The van der Waals surface area contributed by atoms with Crippen LogP contribution in [0.1, 0.15) is 34.0 Å². The zero-order valence-corrected chi connectivity index (χ0v) is 12.8. The molecule has 0 heterocycles. The van der Waals surface area contributed by atoms with E-state index in [1.165, 1.54) is 16.7 Å². The Bertz CT molecular complexity index is 654. The molecule has 0 spiro atoms. The fraction of sp³-hybridized carbons (Fsp3) is 0.211. The van der Waals surface area contributed by atoms with Gasteiger partial charge in [0.05, 0.1) is 0 Å². The van der Waals surface area contributed by atoms with Crippen molar-refractivity contribution in [2.24, 2.45) is 0 Å². The summed E-state index contributed by atoms with van der Waals surface area (Å²) in [5, 5.41) is 3.13. The number of hydrogen-bond acceptors (Lipinski definition) is 2. The number of anilines is 1. The van der Waals surface area contributed by atoms with Gasteiger partial charge in [0, 0.05) is 23.5 Å². The van der Waals surface area contributed by atoms with Crippen molar-refractivity contribution in [2.45, 2.75) is 27.2 Å². The van der Waals surface area contributed by atoms with Crippen molar-refractivity contribution in [3.63, 3.8) is 0 Å². The normalized spacial score (nSPS) is 10.8. The van der Waals surface area contributed by atoms with Crippen LogP contribution in [0.3, 0.4) is 0 Å². The Kier molecular flexibility index (Phi) is 4.94. The van der Waals surface area contributed by atoms with E-state index in [2.05, 4.69) is 38.2 Å². The van der Waals surface area contributed by atoms with E-state index >= 15 is 0 Å².